The van der Waals surface area contributed by atoms with E-state index in [-0.39, 0.29) is 24.4 Å². The molecule has 0 aromatic heterocycles. The molecule has 0 radical (unpaired) electrons. The van der Waals surface area contributed by atoms with Crippen molar-refractivity contribution in [3.05, 3.63) is 35.9 Å². The minimum Gasteiger partial charge on any atom is -0.444 e. The molecule has 7 heteroatoms. The van der Waals surface area contributed by atoms with Gasteiger partial charge in [-0.15, -0.1) is 0 Å². The first-order chi connectivity index (χ1) is 17.3. The zero-order valence-electron chi connectivity index (χ0n) is 24.8. The van der Waals surface area contributed by atoms with Crippen molar-refractivity contribution >= 4 is 14.4 Å². The van der Waals surface area contributed by atoms with Crippen molar-refractivity contribution in [1.82, 2.24) is 5.32 Å². The monoisotopic (exact) mass is 535 g/mol. The van der Waals surface area contributed by atoms with Crippen LogP contribution in [0.15, 0.2) is 30.3 Å². The van der Waals surface area contributed by atoms with Crippen molar-refractivity contribution in [2.75, 3.05) is 13.2 Å². The van der Waals surface area contributed by atoms with Gasteiger partial charge in [0.05, 0.1) is 19.3 Å². The minimum absolute atomic E-state index is 0.0417. The number of alkyl carbamates (subject to hydrolysis) is 1. The molecule has 1 amide bonds. The summed E-state index contributed by atoms with van der Waals surface area (Å²) in [6.07, 6.45) is 3.16. The third-order valence-corrected chi connectivity index (χ3v) is 13.6. The van der Waals surface area contributed by atoms with Crippen LogP contribution >= 0.6 is 0 Å². The summed E-state index contributed by atoms with van der Waals surface area (Å²) in [6, 6.07) is 10.2. The third-order valence-electron chi connectivity index (χ3n) is 7.47. The molecule has 0 spiro atoms. The first-order valence-electron chi connectivity index (χ1n) is 14.3. The molecule has 1 aliphatic rings. The summed E-state index contributed by atoms with van der Waals surface area (Å²) >= 11 is 0. The summed E-state index contributed by atoms with van der Waals surface area (Å²) in [4.78, 5) is 12.0. The highest BCUT2D eigenvalue weighted by Crippen LogP contribution is 2.43. The maximum Gasteiger partial charge on any atom is 0.407 e. The van der Waals surface area contributed by atoms with E-state index < -0.39 is 13.9 Å². The van der Waals surface area contributed by atoms with E-state index in [4.69, 9.17) is 18.6 Å². The highest BCUT2D eigenvalue weighted by molar-refractivity contribution is 6.77. The first kappa shape index (κ1) is 31.8. The summed E-state index contributed by atoms with van der Waals surface area (Å²) in [6.45, 7) is 21.3. The largest absolute Gasteiger partial charge is 0.444 e. The molecule has 1 fully saturated rings. The lowest BCUT2D eigenvalue weighted by molar-refractivity contribution is -0.233. The number of carbonyl (C=O) groups excluding carboxylic acids is 1. The van der Waals surface area contributed by atoms with Crippen LogP contribution in [0.5, 0.6) is 0 Å². The molecular weight excluding hydrogens is 482 g/mol. The van der Waals surface area contributed by atoms with E-state index in [9.17, 15) is 4.79 Å². The van der Waals surface area contributed by atoms with Crippen LogP contribution in [0.4, 0.5) is 4.79 Å². The van der Waals surface area contributed by atoms with Crippen molar-refractivity contribution < 1.29 is 23.4 Å². The number of hydrogen-bond acceptors (Lipinski definition) is 5. The normalized spacial score (nSPS) is 21.0. The second kappa shape index (κ2) is 14.7. The zero-order chi connectivity index (χ0) is 27.6. The van der Waals surface area contributed by atoms with Crippen LogP contribution in [0.2, 0.25) is 16.6 Å². The van der Waals surface area contributed by atoms with Crippen molar-refractivity contribution in [2.45, 2.75) is 129 Å². The van der Waals surface area contributed by atoms with Crippen molar-refractivity contribution in [3.63, 3.8) is 0 Å². The van der Waals surface area contributed by atoms with Gasteiger partial charge in [0.15, 0.2) is 14.6 Å². The standard InChI is InChI=1S/C30H53NO5Si/c1-22(2)37(23(3)4,24(5)6)34-21-27-18-17-26(16-13-19-31-29(32)36-30(7,8)9)28(35-27)33-20-25-14-11-10-12-15-25/h10-12,14-15,22-24,26-28H,13,16-21H2,1-9H3,(H,31,32)/t26?,27-,28?/m1/s1. The van der Waals surface area contributed by atoms with Gasteiger partial charge in [0.1, 0.15) is 5.60 Å². The fourth-order valence-corrected chi connectivity index (χ4v) is 11.3. The van der Waals surface area contributed by atoms with Gasteiger partial charge in [0, 0.05) is 12.5 Å². The predicted molar refractivity (Wildman–Crippen MR) is 153 cm³/mol. The summed E-state index contributed by atoms with van der Waals surface area (Å²) in [5, 5.41) is 2.87. The Hall–Kier alpha value is -1.41. The fourth-order valence-electron chi connectivity index (χ4n) is 5.84. The molecule has 2 unspecified atom stereocenters. The molecule has 1 heterocycles. The molecule has 1 N–H and O–H groups in total. The molecule has 37 heavy (non-hydrogen) atoms. The maximum atomic E-state index is 12.0. The maximum absolute atomic E-state index is 12.0. The summed E-state index contributed by atoms with van der Waals surface area (Å²) in [7, 11) is -1.95. The van der Waals surface area contributed by atoms with Gasteiger partial charge in [-0.3, -0.25) is 0 Å². The Kier molecular flexibility index (Phi) is 12.6. The van der Waals surface area contributed by atoms with Gasteiger partial charge in [0.2, 0.25) is 0 Å². The fraction of sp³-hybridized carbons (Fsp3) is 0.767. The summed E-state index contributed by atoms with van der Waals surface area (Å²) in [5.74, 6) is 0.280. The lowest BCUT2D eigenvalue weighted by Crippen LogP contribution is -2.50. The van der Waals surface area contributed by atoms with E-state index in [0.717, 1.165) is 31.2 Å². The van der Waals surface area contributed by atoms with Crippen LogP contribution in [0.1, 0.15) is 93.6 Å². The molecule has 3 atom stereocenters. The van der Waals surface area contributed by atoms with E-state index in [1.54, 1.807) is 0 Å². The zero-order valence-corrected chi connectivity index (χ0v) is 25.8. The molecule has 212 valence electrons. The molecule has 1 saturated heterocycles. The highest BCUT2D eigenvalue weighted by Gasteiger charge is 2.46. The van der Waals surface area contributed by atoms with Gasteiger partial charge in [-0.2, -0.15) is 0 Å². The first-order valence-corrected chi connectivity index (χ1v) is 16.4. The molecule has 1 aromatic rings. The van der Waals surface area contributed by atoms with Gasteiger partial charge in [-0.1, -0.05) is 71.9 Å². The van der Waals surface area contributed by atoms with E-state index in [2.05, 4.69) is 59.0 Å². The van der Waals surface area contributed by atoms with Crippen molar-refractivity contribution in [1.29, 1.82) is 0 Å². The smallest absolute Gasteiger partial charge is 0.407 e. The third kappa shape index (κ3) is 10.0. The summed E-state index contributed by atoms with van der Waals surface area (Å²) in [5.41, 5.74) is 2.29. The van der Waals surface area contributed by atoms with Crippen LogP contribution in [-0.4, -0.2) is 45.6 Å². The Morgan fingerprint density at radius 2 is 1.65 bits per heavy atom. The van der Waals surface area contributed by atoms with E-state index in [0.29, 0.717) is 36.4 Å². The predicted octanol–water partition coefficient (Wildman–Crippen LogP) is 7.82. The molecule has 2 rings (SSSR count). The van der Waals surface area contributed by atoms with Crippen molar-refractivity contribution in [3.8, 4) is 0 Å². The number of nitrogens with one attached hydrogen (secondary N) is 1. The van der Waals surface area contributed by atoms with Crippen LogP contribution in [0, 0.1) is 5.92 Å². The average Bonchev–Trinajstić information content (AvgIpc) is 2.80. The van der Waals surface area contributed by atoms with Gasteiger partial charge >= 0.3 is 6.09 Å². The van der Waals surface area contributed by atoms with Crippen LogP contribution < -0.4 is 5.32 Å². The second-order valence-electron chi connectivity index (χ2n) is 12.5. The summed E-state index contributed by atoms with van der Waals surface area (Å²) < 4.78 is 25.1. The Balaban J connectivity index is 1.98. The SMILES string of the molecule is CC(C)[Si](OC[C@H]1CCC(CCCNC(=O)OC(C)(C)C)C(OCc2ccccc2)O1)(C(C)C)C(C)C. The molecule has 1 aromatic carbocycles. The molecular formula is C30H53NO5Si. The molecule has 0 saturated carbocycles. The van der Waals surface area contributed by atoms with E-state index in [1.165, 1.54) is 0 Å². The van der Waals surface area contributed by atoms with Gasteiger partial charge in [0.25, 0.3) is 0 Å². The Bertz CT molecular complexity index is 771. The second-order valence-corrected chi connectivity index (χ2v) is 17.9. The molecule has 0 bridgehead atoms. The van der Waals surface area contributed by atoms with Crippen molar-refractivity contribution in [2.24, 2.45) is 5.92 Å². The Morgan fingerprint density at radius 3 is 2.22 bits per heavy atom. The Morgan fingerprint density at radius 1 is 1.03 bits per heavy atom. The average molecular weight is 536 g/mol. The number of benzene rings is 1. The lowest BCUT2D eigenvalue weighted by Gasteiger charge is -2.44. The lowest BCUT2D eigenvalue weighted by atomic mass is 9.92. The van der Waals surface area contributed by atoms with Gasteiger partial charge < -0.3 is 24.0 Å². The Labute approximate surface area is 227 Å². The molecule has 0 aliphatic carbocycles. The van der Waals surface area contributed by atoms with Gasteiger partial charge in [-0.25, -0.2) is 4.79 Å². The number of rotatable bonds is 13. The number of carbonyl (C=O) groups is 1. The number of hydrogen-bond donors (Lipinski definition) is 1. The van der Waals surface area contributed by atoms with Crippen LogP contribution in [-0.2, 0) is 25.2 Å². The van der Waals surface area contributed by atoms with Crippen LogP contribution in [0.25, 0.3) is 0 Å². The number of ether oxygens (including phenoxy) is 3. The van der Waals surface area contributed by atoms with Crippen LogP contribution in [0.3, 0.4) is 0 Å². The molecule has 6 nitrogen and oxygen atoms in total. The highest BCUT2D eigenvalue weighted by atomic mass is 28.4. The van der Waals surface area contributed by atoms with E-state index in [1.807, 2.05) is 39.0 Å². The molecule has 1 aliphatic heterocycles. The number of amides is 1. The minimum atomic E-state index is -1.95. The quantitative estimate of drug-likeness (QED) is 0.206. The topological polar surface area (TPSA) is 66.0 Å². The van der Waals surface area contributed by atoms with Gasteiger partial charge in [-0.05, 0) is 68.6 Å². The van der Waals surface area contributed by atoms with E-state index >= 15 is 0 Å².